The summed E-state index contributed by atoms with van der Waals surface area (Å²) < 4.78 is 27.2. The van der Waals surface area contributed by atoms with E-state index in [1.54, 1.807) is 30.3 Å². The van der Waals surface area contributed by atoms with E-state index < -0.39 is 10.0 Å². The second kappa shape index (κ2) is 6.59. The molecule has 0 radical (unpaired) electrons. The van der Waals surface area contributed by atoms with Crippen molar-refractivity contribution in [3.05, 3.63) is 71.8 Å². The number of hydrogen-bond donors (Lipinski definition) is 1. The zero-order valence-electron chi connectivity index (χ0n) is 12.2. The summed E-state index contributed by atoms with van der Waals surface area (Å²) >= 11 is 0. The number of hydrogen-bond acceptors (Lipinski definition) is 2. The van der Waals surface area contributed by atoms with E-state index in [2.05, 4.69) is 4.72 Å². The Bertz CT molecular complexity index is 732. The molecule has 2 rings (SSSR count). The smallest absolute Gasteiger partial charge is 0.261 e. The molecule has 0 saturated carbocycles. The fourth-order valence-electron chi connectivity index (χ4n) is 1.95. The Balaban J connectivity index is 2.22. The molecule has 0 heterocycles. The molecule has 0 bridgehead atoms. The highest BCUT2D eigenvalue weighted by molar-refractivity contribution is 7.92. The minimum Gasteiger partial charge on any atom is -0.280 e. The van der Waals surface area contributed by atoms with Gasteiger partial charge in [-0.15, -0.1) is 0 Å². The molecule has 1 N–H and O–H groups in total. The summed E-state index contributed by atoms with van der Waals surface area (Å²) in [7, 11) is -3.54. The van der Waals surface area contributed by atoms with Crippen LogP contribution >= 0.6 is 0 Å². The lowest BCUT2D eigenvalue weighted by atomic mass is 10.1. The lowest BCUT2D eigenvalue weighted by Crippen LogP contribution is -2.13. The van der Waals surface area contributed by atoms with Gasteiger partial charge in [-0.25, -0.2) is 8.42 Å². The van der Waals surface area contributed by atoms with Crippen LogP contribution in [0.15, 0.2) is 65.6 Å². The summed E-state index contributed by atoms with van der Waals surface area (Å²) in [6, 6.07) is 14.2. The summed E-state index contributed by atoms with van der Waals surface area (Å²) in [5, 5.41) is 0. The molecular formula is C17H19NO2S. The SMILES string of the molecule is CC=CCc1cccc(NS(=O)(=O)c2ccc(C)cc2)c1. The first kappa shape index (κ1) is 15.3. The average molecular weight is 301 g/mol. The number of allylic oxidation sites excluding steroid dienone is 2. The van der Waals surface area contributed by atoms with Crippen molar-refractivity contribution in [1.29, 1.82) is 0 Å². The van der Waals surface area contributed by atoms with E-state index in [0.717, 1.165) is 17.5 Å². The fourth-order valence-corrected chi connectivity index (χ4v) is 3.00. The van der Waals surface area contributed by atoms with Crippen molar-refractivity contribution in [3.8, 4) is 0 Å². The zero-order chi connectivity index (χ0) is 15.3. The average Bonchev–Trinajstić information content (AvgIpc) is 2.45. The predicted octanol–water partition coefficient (Wildman–Crippen LogP) is 3.91. The minimum atomic E-state index is -3.54. The van der Waals surface area contributed by atoms with Gasteiger partial charge in [-0.3, -0.25) is 4.72 Å². The van der Waals surface area contributed by atoms with Crippen LogP contribution in [0.2, 0.25) is 0 Å². The molecule has 0 aliphatic carbocycles. The second-order valence-corrected chi connectivity index (χ2v) is 6.57. The summed E-state index contributed by atoms with van der Waals surface area (Å²) in [4.78, 5) is 0.270. The Hall–Kier alpha value is -2.07. The molecule has 3 nitrogen and oxygen atoms in total. The van der Waals surface area contributed by atoms with Gasteiger partial charge in [-0.1, -0.05) is 42.0 Å². The molecule has 110 valence electrons. The highest BCUT2D eigenvalue weighted by Crippen LogP contribution is 2.18. The Morgan fingerprint density at radius 3 is 2.48 bits per heavy atom. The highest BCUT2D eigenvalue weighted by Gasteiger charge is 2.13. The number of benzene rings is 2. The monoisotopic (exact) mass is 301 g/mol. The first-order chi connectivity index (χ1) is 10.0. The Morgan fingerprint density at radius 2 is 1.81 bits per heavy atom. The highest BCUT2D eigenvalue weighted by atomic mass is 32.2. The van der Waals surface area contributed by atoms with Crippen LogP contribution in [-0.4, -0.2) is 8.42 Å². The van der Waals surface area contributed by atoms with E-state index in [1.165, 1.54) is 0 Å². The van der Waals surface area contributed by atoms with Crippen LogP contribution in [0.3, 0.4) is 0 Å². The number of nitrogens with one attached hydrogen (secondary N) is 1. The molecule has 21 heavy (non-hydrogen) atoms. The maximum Gasteiger partial charge on any atom is 0.261 e. The summed E-state index contributed by atoms with van der Waals surface area (Å²) in [5.74, 6) is 0. The molecule has 0 saturated heterocycles. The lowest BCUT2D eigenvalue weighted by Gasteiger charge is -2.09. The van der Waals surface area contributed by atoms with Gasteiger partial charge in [0.2, 0.25) is 0 Å². The van der Waals surface area contributed by atoms with Crippen LogP contribution in [-0.2, 0) is 16.4 Å². The van der Waals surface area contributed by atoms with Gasteiger partial charge in [-0.05, 0) is 50.1 Å². The predicted molar refractivity (Wildman–Crippen MR) is 86.9 cm³/mol. The molecule has 0 unspecified atom stereocenters. The quantitative estimate of drug-likeness (QED) is 0.851. The van der Waals surface area contributed by atoms with Crippen LogP contribution in [0.1, 0.15) is 18.1 Å². The molecule has 2 aromatic carbocycles. The standard InChI is InChI=1S/C17H19NO2S/c1-3-4-6-15-7-5-8-16(13-15)18-21(19,20)17-11-9-14(2)10-12-17/h3-5,7-13,18H,6H2,1-2H3. The number of aryl methyl sites for hydroxylation is 1. The van der Waals surface area contributed by atoms with E-state index >= 15 is 0 Å². The number of anilines is 1. The number of sulfonamides is 1. The van der Waals surface area contributed by atoms with Crippen molar-refractivity contribution in [3.63, 3.8) is 0 Å². The van der Waals surface area contributed by atoms with Crippen molar-refractivity contribution in [2.24, 2.45) is 0 Å². The van der Waals surface area contributed by atoms with Crippen LogP contribution < -0.4 is 4.72 Å². The molecule has 0 spiro atoms. The fraction of sp³-hybridized carbons (Fsp3) is 0.176. The molecule has 0 fully saturated rings. The van der Waals surface area contributed by atoms with E-state index in [9.17, 15) is 8.42 Å². The second-order valence-electron chi connectivity index (χ2n) is 4.89. The van der Waals surface area contributed by atoms with Crippen molar-refractivity contribution >= 4 is 15.7 Å². The topological polar surface area (TPSA) is 46.2 Å². The van der Waals surface area contributed by atoms with E-state index in [4.69, 9.17) is 0 Å². The van der Waals surface area contributed by atoms with E-state index in [0.29, 0.717) is 5.69 Å². The third-order valence-electron chi connectivity index (χ3n) is 3.10. The lowest BCUT2D eigenvalue weighted by molar-refractivity contribution is 0.601. The van der Waals surface area contributed by atoms with Gasteiger partial charge >= 0.3 is 0 Å². The van der Waals surface area contributed by atoms with Gasteiger partial charge in [0.1, 0.15) is 0 Å². The van der Waals surface area contributed by atoms with Crippen molar-refractivity contribution < 1.29 is 8.42 Å². The zero-order valence-corrected chi connectivity index (χ0v) is 13.0. The third kappa shape index (κ3) is 4.20. The molecule has 0 aromatic heterocycles. The maximum absolute atomic E-state index is 12.3. The summed E-state index contributed by atoms with van der Waals surface area (Å²) in [6.45, 7) is 3.89. The summed E-state index contributed by atoms with van der Waals surface area (Å²) in [6.07, 6.45) is 4.80. The van der Waals surface area contributed by atoms with Crippen molar-refractivity contribution in [2.45, 2.75) is 25.2 Å². The van der Waals surface area contributed by atoms with Gasteiger partial charge in [-0.2, -0.15) is 0 Å². The first-order valence-corrected chi connectivity index (χ1v) is 8.29. The van der Waals surface area contributed by atoms with Gasteiger partial charge in [0.05, 0.1) is 4.90 Å². The van der Waals surface area contributed by atoms with Gasteiger partial charge in [0.15, 0.2) is 0 Å². The largest absolute Gasteiger partial charge is 0.280 e. The van der Waals surface area contributed by atoms with Crippen LogP contribution in [0, 0.1) is 6.92 Å². The molecule has 0 atom stereocenters. The Labute approximate surface area is 126 Å². The van der Waals surface area contributed by atoms with Crippen LogP contribution in [0.5, 0.6) is 0 Å². The van der Waals surface area contributed by atoms with Gasteiger partial charge in [0, 0.05) is 5.69 Å². The first-order valence-electron chi connectivity index (χ1n) is 6.81. The van der Waals surface area contributed by atoms with Gasteiger partial charge < -0.3 is 0 Å². The minimum absolute atomic E-state index is 0.270. The van der Waals surface area contributed by atoms with Gasteiger partial charge in [0.25, 0.3) is 10.0 Å². The molecule has 4 heteroatoms. The molecule has 0 aliphatic heterocycles. The Morgan fingerprint density at radius 1 is 1.10 bits per heavy atom. The van der Waals surface area contributed by atoms with E-state index in [1.807, 2.05) is 44.2 Å². The summed E-state index contributed by atoms with van der Waals surface area (Å²) in [5.41, 5.74) is 2.68. The van der Waals surface area contributed by atoms with E-state index in [-0.39, 0.29) is 4.90 Å². The normalized spacial score (nSPS) is 11.7. The molecule has 0 amide bonds. The number of rotatable bonds is 5. The molecule has 0 aliphatic rings. The van der Waals surface area contributed by atoms with Crippen molar-refractivity contribution in [2.75, 3.05) is 4.72 Å². The molecular weight excluding hydrogens is 282 g/mol. The molecule has 2 aromatic rings. The Kier molecular flexibility index (Phi) is 4.81. The third-order valence-corrected chi connectivity index (χ3v) is 4.50. The van der Waals surface area contributed by atoms with Crippen molar-refractivity contribution in [1.82, 2.24) is 0 Å². The maximum atomic E-state index is 12.3. The van der Waals surface area contributed by atoms with Crippen LogP contribution in [0.25, 0.3) is 0 Å². The van der Waals surface area contributed by atoms with Crippen LogP contribution in [0.4, 0.5) is 5.69 Å².